The Balaban J connectivity index is 3.41. The molecule has 1 nitrogen and oxygen atoms in total. The quantitative estimate of drug-likeness (QED) is 0.343. The number of hydrogen-bond donors (Lipinski definition) is 0. The van der Waals surface area contributed by atoms with Crippen LogP contribution in [0.2, 0.25) is 0 Å². The monoisotopic (exact) mass is 482 g/mol. The molecule has 180 valence electrons. The highest BCUT2D eigenvalue weighted by molar-refractivity contribution is 5.26. The van der Waals surface area contributed by atoms with Crippen molar-refractivity contribution in [2.24, 2.45) is 0 Å². The lowest BCUT2D eigenvalue weighted by Crippen LogP contribution is -2.70. The first-order valence-corrected chi connectivity index (χ1v) is 8.28. The van der Waals surface area contributed by atoms with Gasteiger partial charge in [0, 0.05) is 13.5 Å². The molecule has 0 aromatic heterocycles. The summed E-state index contributed by atoms with van der Waals surface area (Å²) in [5, 5.41) is 0. The van der Waals surface area contributed by atoms with Gasteiger partial charge >= 0.3 is 35.8 Å². The van der Waals surface area contributed by atoms with E-state index in [4.69, 9.17) is 0 Å². The molecule has 1 aromatic rings. The molecule has 0 bridgehead atoms. The summed E-state index contributed by atoms with van der Waals surface area (Å²) in [4.78, 5) is 0. The zero-order valence-corrected chi connectivity index (χ0v) is 15.6. The van der Waals surface area contributed by atoms with E-state index in [1.54, 1.807) is 6.92 Å². The molecule has 1 atom stereocenters. The Hall–Kier alpha value is -1.73. The van der Waals surface area contributed by atoms with Crippen LogP contribution >= 0.6 is 0 Å². The minimum atomic E-state index is -7.91. The van der Waals surface area contributed by atoms with Gasteiger partial charge in [-0.3, -0.25) is 0 Å². The zero-order chi connectivity index (χ0) is 24.7. The SMILES string of the molecule is CCc1cccc(C(CC(F)(F)C(F)(F)C(F)(F)C(F)(F)C(F)(F)C(F)(F)F)OC)c1. The third-order valence-corrected chi connectivity index (χ3v) is 4.46. The van der Waals surface area contributed by atoms with Crippen molar-refractivity contribution in [3.8, 4) is 0 Å². The van der Waals surface area contributed by atoms with Crippen LogP contribution < -0.4 is 0 Å². The van der Waals surface area contributed by atoms with E-state index in [-0.39, 0.29) is 5.56 Å². The van der Waals surface area contributed by atoms with Crippen LogP contribution in [0.25, 0.3) is 0 Å². The average molecular weight is 482 g/mol. The second-order valence-electron chi connectivity index (χ2n) is 6.53. The molecule has 0 aliphatic heterocycles. The van der Waals surface area contributed by atoms with Gasteiger partial charge in [0.05, 0.1) is 6.10 Å². The molecule has 0 aliphatic rings. The number of rotatable bonds is 9. The standard InChI is InChI=1S/C17H15F13O/c1-3-9-5-4-6-10(7-9)11(31-2)8-12(18,19)13(20,21)14(22,23)15(24,25)16(26,27)17(28,29)30/h4-7,11H,3,8H2,1-2H3. The van der Waals surface area contributed by atoms with Crippen LogP contribution in [0.4, 0.5) is 57.1 Å². The number of alkyl halides is 13. The van der Waals surface area contributed by atoms with Crippen molar-refractivity contribution in [1.82, 2.24) is 0 Å². The van der Waals surface area contributed by atoms with Gasteiger partial charge < -0.3 is 4.74 Å². The Labute approximate surface area is 167 Å². The molecule has 0 fully saturated rings. The zero-order valence-electron chi connectivity index (χ0n) is 15.6. The molecule has 1 unspecified atom stereocenters. The van der Waals surface area contributed by atoms with Gasteiger partial charge in [0.1, 0.15) is 0 Å². The van der Waals surface area contributed by atoms with Crippen molar-refractivity contribution in [3.63, 3.8) is 0 Å². The molecule has 0 aliphatic carbocycles. The third kappa shape index (κ3) is 4.44. The second-order valence-corrected chi connectivity index (χ2v) is 6.53. The first kappa shape index (κ1) is 27.3. The molecule has 0 saturated heterocycles. The Kier molecular flexibility index (Phi) is 7.33. The summed E-state index contributed by atoms with van der Waals surface area (Å²) in [5.74, 6) is -37.0. The van der Waals surface area contributed by atoms with E-state index in [2.05, 4.69) is 4.74 Å². The molecule has 0 radical (unpaired) electrons. The summed E-state index contributed by atoms with van der Waals surface area (Å²) >= 11 is 0. The molecule has 0 saturated carbocycles. The lowest BCUT2D eigenvalue weighted by atomic mass is 9.90. The highest BCUT2D eigenvalue weighted by Gasteiger charge is 2.90. The number of methoxy groups -OCH3 is 1. The molecule has 0 amide bonds. The third-order valence-electron chi connectivity index (χ3n) is 4.46. The first-order chi connectivity index (χ1) is 13.7. The van der Waals surface area contributed by atoms with Crippen LogP contribution in [0, 0.1) is 0 Å². The highest BCUT2D eigenvalue weighted by Crippen LogP contribution is 2.61. The molecular weight excluding hydrogens is 467 g/mol. The number of aryl methyl sites for hydroxylation is 1. The normalized spacial score (nSPS) is 15.8. The van der Waals surface area contributed by atoms with Crippen molar-refractivity contribution in [2.75, 3.05) is 7.11 Å². The van der Waals surface area contributed by atoms with E-state index in [1.165, 1.54) is 12.1 Å². The molecule has 1 aromatic carbocycles. The van der Waals surface area contributed by atoms with Crippen LogP contribution in [0.15, 0.2) is 24.3 Å². The molecule has 0 N–H and O–H groups in total. The van der Waals surface area contributed by atoms with Gasteiger partial charge in [-0.15, -0.1) is 0 Å². The van der Waals surface area contributed by atoms with E-state index in [1.807, 2.05) is 0 Å². The maximum Gasteiger partial charge on any atom is 0.460 e. The average Bonchev–Trinajstić information content (AvgIpc) is 2.64. The van der Waals surface area contributed by atoms with Gasteiger partial charge in [-0.2, -0.15) is 57.1 Å². The van der Waals surface area contributed by atoms with Gasteiger partial charge in [-0.05, 0) is 17.5 Å². The van der Waals surface area contributed by atoms with E-state index >= 15 is 0 Å². The fourth-order valence-corrected chi connectivity index (χ4v) is 2.51. The number of benzene rings is 1. The van der Waals surface area contributed by atoms with Crippen LogP contribution in [0.1, 0.15) is 30.6 Å². The Morgan fingerprint density at radius 1 is 0.742 bits per heavy atom. The first-order valence-electron chi connectivity index (χ1n) is 8.28. The summed E-state index contributed by atoms with van der Waals surface area (Å²) in [7, 11) is 0.683. The summed E-state index contributed by atoms with van der Waals surface area (Å²) in [6, 6.07) is 4.92. The fourth-order valence-electron chi connectivity index (χ4n) is 2.51. The summed E-state index contributed by atoms with van der Waals surface area (Å²) in [5.41, 5.74) is 0.185. The predicted octanol–water partition coefficient (Wildman–Crippen LogP) is 7.07. The van der Waals surface area contributed by atoms with Crippen LogP contribution in [0.3, 0.4) is 0 Å². The van der Waals surface area contributed by atoms with Gasteiger partial charge in [-0.1, -0.05) is 31.2 Å². The van der Waals surface area contributed by atoms with Gasteiger partial charge in [0.2, 0.25) is 0 Å². The summed E-state index contributed by atoms with van der Waals surface area (Å²) in [6.45, 7) is 1.60. The largest absolute Gasteiger partial charge is 0.460 e. The molecule has 0 spiro atoms. The maximum absolute atomic E-state index is 14.0. The summed E-state index contributed by atoms with van der Waals surface area (Å²) < 4.78 is 176. The fraction of sp³-hybridized carbons (Fsp3) is 0.647. The molecular formula is C17H15F13O. The van der Waals surface area contributed by atoms with Gasteiger partial charge in [0.15, 0.2) is 0 Å². The van der Waals surface area contributed by atoms with E-state index in [0.717, 1.165) is 12.1 Å². The van der Waals surface area contributed by atoms with E-state index in [0.29, 0.717) is 19.1 Å². The molecule has 14 heteroatoms. The maximum atomic E-state index is 14.0. The van der Waals surface area contributed by atoms with Crippen molar-refractivity contribution in [1.29, 1.82) is 0 Å². The lowest BCUT2D eigenvalue weighted by molar-refractivity contribution is -0.440. The van der Waals surface area contributed by atoms with Crippen molar-refractivity contribution in [2.45, 2.75) is 61.7 Å². The van der Waals surface area contributed by atoms with Crippen LogP contribution in [0.5, 0.6) is 0 Å². The van der Waals surface area contributed by atoms with Gasteiger partial charge in [0.25, 0.3) is 0 Å². The number of ether oxygens (including phenoxy) is 1. The van der Waals surface area contributed by atoms with Gasteiger partial charge in [-0.25, -0.2) is 0 Å². The Bertz CT molecular complexity index is 755. The molecule has 0 heterocycles. The molecule has 1 rings (SSSR count). The van der Waals surface area contributed by atoms with Crippen LogP contribution in [-0.2, 0) is 11.2 Å². The summed E-state index contributed by atoms with van der Waals surface area (Å²) in [6.07, 6.45) is -11.7. The Morgan fingerprint density at radius 2 is 1.23 bits per heavy atom. The minimum absolute atomic E-state index is 0.270. The Morgan fingerprint density at radius 3 is 1.65 bits per heavy atom. The predicted molar refractivity (Wildman–Crippen MR) is 81.0 cm³/mol. The second kappa shape index (κ2) is 8.32. The highest BCUT2D eigenvalue weighted by atomic mass is 19.4. The van der Waals surface area contributed by atoms with Crippen molar-refractivity contribution >= 4 is 0 Å². The molecule has 31 heavy (non-hydrogen) atoms. The van der Waals surface area contributed by atoms with Crippen LogP contribution in [-0.4, -0.2) is 42.9 Å². The van der Waals surface area contributed by atoms with Crippen molar-refractivity contribution < 1.29 is 61.8 Å². The minimum Gasteiger partial charge on any atom is -0.377 e. The smallest absolute Gasteiger partial charge is 0.377 e. The van der Waals surface area contributed by atoms with E-state index < -0.39 is 48.3 Å². The van der Waals surface area contributed by atoms with Crippen molar-refractivity contribution in [3.05, 3.63) is 35.4 Å². The lowest BCUT2D eigenvalue weighted by Gasteiger charge is -2.40. The van der Waals surface area contributed by atoms with E-state index in [9.17, 15) is 57.1 Å². The topological polar surface area (TPSA) is 9.23 Å². The number of halogens is 13. The number of hydrogen-bond acceptors (Lipinski definition) is 1.